The van der Waals surface area contributed by atoms with Gasteiger partial charge in [0.1, 0.15) is 11.9 Å². The fourth-order valence-corrected chi connectivity index (χ4v) is 4.48. The number of nitrogens with zero attached hydrogens (tertiary/aromatic N) is 3. The number of carboxylic acids is 1. The van der Waals surface area contributed by atoms with E-state index in [0.717, 1.165) is 53.0 Å². The number of nitriles is 1. The summed E-state index contributed by atoms with van der Waals surface area (Å²) in [5.74, 6) is -1.28. The van der Waals surface area contributed by atoms with Crippen molar-refractivity contribution in [2.24, 2.45) is 13.0 Å². The van der Waals surface area contributed by atoms with Crippen LogP contribution in [0.2, 0.25) is 0 Å². The molecule has 0 saturated heterocycles. The van der Waals surface area contributed by atoms with Crippen LogP contribution in [0, 0.1) is 30.0 Å². The van der Waals surface area contributed by atoms with Crippen molar-refractivity contribution in [2.75, 3.05) is 0 Å². The summed E-state index contributed by atoms with van der Waals surface area (Å²) < 4.78 is 55.3. The quantitative estimate of drug-likeness (QED) is 0.504. The van der Waals surface area contributed by atoms with Gasteiger partial charge in [0, 0.05) is 7.05 Å². The summed E-state index contributed by atoms with van der Waals surface area (Å²) in [5.41, 5.74) is -3.16. The monoisotopic (exact) mass is 519 g/mol. The Morgan fingerprint density at radius 2 is 1.78 bits per heavy atom. The lowest BCUT2D eigenvalue weighted by atomic mass is 9.90. The number of benzene rings is 2. The molecule has 1 fully saturated rings. The fraction of sp³-hybridized carbons (Fsp3) is 0.385. The second kappa shape index (κ2) is 11.0. The first kappa shape index (κ1) is 27.6. The van der Waals surface area contributed by atoms with Gasteiger partial charge in [-0.1, -0.05) is 31.4 Å². The molecule has 7 nitrogen and oxygen atoms in total. The van der Waals surface area contributed by atoms with Crippen molar-refractivity contribution in [3.8, 4) is 6.07 Å². The van der Waals surface area contributed by atoms with Crippen LogP contribution >= 0.6 is 0 Å². The van der Waals surface area contributed by atoms with Crippen molar-refractivity contribution in [1.29, 1.82) is 5.26 Å². The number of carbonyl (C=O) groups is 1. The number of aryl methyl sites for hydroxylation is 1. The highest BCUT2D eigenvalue weighted by Gasteiger charge is 2.34. The number of hydrogen-bond acceptors (Lipinski definition) is 4. The summed E-state index contributed by atoms with van der Waals surface area (Å²) in [7, 11) is 1.20. The Morgan fingerprint density at radius 3 is 2.32 bits per heavy atom. The Kier molecular flexibility index (Phi) is 8.21. The van der Waals surface area contributed by atoms with Gasteiger partial charge in [0.25, 0.3) is 5.56 Å². The van der Waals surface area contributed by atoms with E-state index in [4.69, 9.17) is 5.11 Å². The van der Waals surface area contributed by atoms with E-state index >= 15 is 0 Å². The number of fused-ring (bicyclic) bond motifs is 1. The maximum absolute atomic E-state index is 13.9. The minimum absolute atomic E-state index is 0.0244. The smallest absolute Gasteiger partial charge is 0.417 e. The SMILES string of the molecule is Cc1c(F)ccc2c1c(=O)n(C)c(=O)n2Cc1cccc(C(F)(F)F)c1C#N.O=C(O)C1CCCCC1. The molecule has 11 heteroatoms. The summed E-state index contributed by atoms with van der Waals surface area (Å²) in [4.78, 5) is 35.4. The van der Waals surface area contributed by atoms with Crippen LogP contribution in [-0.2, 0) is 24.6 Å². The second-order valence-corrected chi connectivity index (χ2v) is 8.92. The molecule has 196 valence electrons. The van der Waals surface area contributed by atoms with Crippen LogP contribution < -0.4 is 11.2 Å². The Labute approximate surface area is 209 Å². The molecule has 0 bridgehead atoms. The van der Waals surface area contributed by atoms with Gasteiger partial charge < -0.3 is 5.11 Å². The van der Waals surface area contributed by atoms with E-state index < -0.39 is 40.3 Å². The van der Waals surface area contributed by atoms with Crippen LogP contribution in [0.3, 0.4) is 0 Å². The molecule has 0 radical (unpaired) electrons. The molecular weight excluding hydrogens is 494 g/mol. The van der Waals surface area contributed by atoms with Crippen molar-refractivity contribution in [1.82, 2.24) is 9.13 Å². The van der Waals surface area contributed by atoms with Crippen molar-refractivity contribution in [3.05, 3.63) is 79.2 Å². The molecule has 3 aromatic rings. The molecule has 0 spiro atoms. The van der Waals surface area contributed by atoms with E-state index in [9.17, 15) is 37.2 Å². The molecule has 0 aliphatic heterocycles. The lowest BCUT2D eigenvalue weighted by Crippen LogP contribution is -2.39. The molecule has 0 unspecified atom stereocenters. The number of alkyl halides is 3. The molecule has 2 aromatic carbocycles. The van der Waals surface area contributed by atoms with E-state index in [2.05, 4.69) is 0 Å². The van der Waals surface area contributed by atoms with E-state index in [0.29, 0.717) is 0 Å². The topological polar surface area (TPSA) is 105 Å². The van der Waals surface area contributed by atoms with Crippen LogP contribution in [0.15, 0.2) is 39.9 Å². The van der Waals surface area contributed by atoms with Gasteiger partial charge in [-0.2, -0.15) is 18.4 Å². The molecule has 1 N–H and O–H groups in total. The molecular formula is C26H25F4N3O4. The van der Waals surface area contributed by atoms with Gasteiger partial charge in [0.2, 0.25) is 0 Å². The van der Waals surface area contributed by atoms with Gasteiger partial charge in [-0.3, -0.25) is 18.7 Å². The molecule has 1 aliphatic carbocycles. The Morgan fingerprint density at radius 1 is 1.14 bits per heavy atom. The van der Waals surface area contributed by atoms with Crippen molar-refractivity contribution < 1.29 is 27.5 Å². The van der Waals surface area contributed by atoms with Gasteiger partial charge in [-0.25, -0.2) is 9.18 Å². The largest absolute Gasteiger partial charge is 0.481 e. The minimum atomic E-state index is -4.74. The highest BCUT2D eigenvalue weighted by atomic mass is 19.4. The zero-order valence-electron chi connectivity index (χ0n) is 20.2. The summed E-state index contributed by atoms with van der Waals surface area (Å²) in [6.45, 7) is 0.986. The first-order valence-electron chi connectivity index (χ1n) is 11.6. The van der Waals surface area contributed by atoms with Crippen LogP contribution in [0.1, 0.15) is 54.4 Å². The van der Waals surface area contributed by atoms with Gasteiger partial charge in [0.15, 0.2) is 0 Å². The molecule has 1 aliphatic rings. The normalized spacial score (nSPS) is 14.1. The molecule has 1 aromatic heterocycles. The lowest BCUT2D eigenvalue weighted by Gasteiger charge is -2.16. The van der Waals surface area contributed by atoms with E-state index in [1.807, 2.05) is 0 Å². The number of aliphatic carboxylic acids is 1. The average molecular weight is 519 g/mol. The molecule has 0 atom stereocenters. The first-order valence-corrected chi connectivity index (χ1v) is 11.6. The molecule has 1 saturated carbocycles. The van der Waals surface area contributed by atoms with E-state index in [1.165, 1.54) is 32.5 Å². The van der Waals surface area contributed by atoms with Crippen molar-refractivity contribution in [3.63, 3.8) is 0 Å². The summed E-state index contributed by atoms with van der Waals surface area (Å²) in [6.07, 6.45) is 0.500. The predicted octanol–water partition coefficient (Wildman–Crippen LogP) is 4.74. The Bertz CT molecular complexity index is 1490. The van der Waals surface area contributed by atoms with Crippen LogP contribution in [0.4, 0.5) is 17.6 Å². The van der Waals surface area contributed by atoms with Gasteiger partial charge in [0.05, 0.1) is 34.5 Å². The second-order valence-electron chi connectivity index (χ2n) is 8.92. The van der Waals surface area contributed by atoms with Gasteiger partial charge >= 0.3 is 17.8 Å². The van der Waals surface area contributed by atoms with Crippen LogP contribution in [0.25, 0.3) is 10.9 Å². The minimum Gasteiger partial charge on any atom is -0.481 e. The highest BCUT2D eigenvalue weighted by molar-refractivity contribution is 5.81. The molecule has 0 amide bonds. The highest BCUT2D eigenvalue weighted by Crippen LogP contribution is 2.33. The Hall–Kier alpha value is -3.94. The first-order chi connectivity index (χ1) is 17.4. The molecule has 37 heavy (non-hydrogen) atoms. The summed E-state index contributed by atoms with van der Waals surface area (Å²) in [6, 6.07) is 7.06. The fourth-order valence-electron chi connectivity index (χ4n) is 4.48. The third-order valence-electron chi connectivity index (χ3n) is 6.55. The number of aromatic nitrogens is 2. The zero-order valence-corrected chi connectivity index (χ0v) is 20.2. The number of rotatable bonds is 3. The number of carboxylic acid groups (broad SMARTS) is 1. The molecule has 4 rings (SSSR count). The van der Waals surface area contributed by atoms with E-state index in [1.54, 1.807) is 6.07 Å². The number of halogens is 4. The summed E-state index contributed by atoms with van der Waals surface area (Å²) >= 11 is 0. The van der Waals surface area contributed by atoms with Gasteiger partial charge in [-0.05, 0) is 49.1 Å². The van der Waals surface area contributed by atoms with Crippen molar-refractivity contribution in [2.45, 2.75) is 51.7 Å². The molecule has 1 heterocycles. The van der Waals surface area contributed by atoms with E-state index in [-0.39, 0.29) is 34.5 Å². The standard InChI is InChI=1S/C19H13F4N3O2.C7H12O2/c1-10-14(20)6-7-15-16(10)17(27)25(2)18(28)26(15)9-11-4-3-5-13(12(11)8-24)19(21,22)23;8-7(9)6-4-2-1-3-5-6/h3-7H,9H2,1-2H3;6H,1-5H2,(H,8,9). The third kappa shape index (κ3) is 5.74. The lowest BCUT2D eigenvalue weighted by molar-refractivity contribution is -0.142. The van der Waals surface area contributed by atoms with Crippen molar-refractivity contribution >= 4 is 16.9 Å². The maximum Gasteiger partial charge on any atom is 0.417 e. The summed E-state index contributed by atoms with van der Waals surface area (Å²) in [5, 5.41) is 17.7. The third-order valence-corrected chi connectivity index (χ3v) is 6.55. The predicted molar refractivity (Wildman–Crippen MR) is 128 cm³/mol. The average Bonchev–Trinajstić information content (AvgIpc) is 2.87. The zero-order chi connectivity index (χ0) is 27.5. The van der Waals surface area contributed by atoms with Crippen LogP contribution in [0.5, 0.6) is 0 Å². The van der Waals surface area contributed by atoms with Gasteiger partial charge in [-0.15, -0.1) is 0 Å². The maximum atomic E-state index is 13.9. The van der Waals surface area contributed by atoms with Crippen LogP contribution in [-0.4, -0.2) is 20.2 Å². The Balaban J connectivity index is 0.000000356. The number of hydrogen-bond donors (Lipinski definition) is 1.